The molecule has 96 valence electrons. The highest BCUT2D eigenvalue weighted by atomic mass is 15.2. The third kappa shape index (κ3) is 2.10. The predicted octanol–water partition coefficient (Wildman–Crippen LogP) is 2.14. The smallest absolute Gasteiger partial charge is 0.226 e. The van der Waals surface area contributed by atoms with Crippen molar-refractivity contribution in [2.75, 3.05) is 17.7 Å². The molecule has 0 aromatic carbocycles. The number of anilines is 2. The van der Waals surface area contributed by atoms with Gasteiger partial charge in [-0.25, -0.2) is 0 Å². The van der Waals surface area contributed by atoms with Gasteiger partial charge in [-0.15, -0.1) is 0 Å². The van der Waals surface area contributed by atoms with Crippen LogP contribution in [-0.2, 0) is 0 Å². The van der Waals surface area contributed by atoms with E-state index >= 15 is 0 Å². The molecule has 1 saturated carbocycles. The summed E-state index contributed by atoms with van der Waals surface area (Å²) in [5.41, 5.74) is 0.771. The lowest BCUT2D eigenvalue weighted by atomic mass is 9.95. The van der Waals surface area contributed by atoms with Crippen LogP contribution in [0.3, 0.4) is 0 Å². The topological polar surface area (TPSA) is 78.5 Å². The van der Waals surface area contributed by atoms with Gasteiger partial charge in [-0.1, -0.05) is 19.3 Å². The van der Waals surface area contributed by atoms with Crippen molar-refractivity contribution in [3.8, 4) is 0 Å². The second-order valence-corrected chi connectivity index (χ2v) is 4.76. The summed E-state index contributed by atoms with van der Waals surface area (Å²) in [5.74, 6) is 1.50. The monoisotopic (exact) mass is 246 g/mol. The molecule has 0 amide bonds. The average molecular weight is 246 g/mol. The van der Waals surface area contributed by atoms with Crippen molar-refractivity contribution < 1.29 is 0 Å². The minimum absolute atomic E-state index is 0.524. The molecular formula is C12H18N6. The Morgan fingerprint density at radius 1 is 1.22 bits per heavy atom. The summed E-state index contributed by atoms with van der Waals surface area (Å²) >= 11 is 0. The molecule has 0 unspecified atom stereocenters. The van der Waals surface area contributed by atoms with Gasteiger partial charge < -0.3 is 10.6 Å². The summed E-state index contributed by atoms with van der Waals surface area (Å²) in [4.78, 5) is 8.82. The Kier molecular flexibility index (Phi) is 3.00. The number of H-pyrrole nitrogens is 1. The molecule has 0 atom stereocenters. The first-order chi connectivity index (χ1) is 8.86. The molecule has 2 heterocycles. The zero-order chi connectivity index (χ0) is 12.4. The van der Waals surface area contributed by atoms with Crippen molar-refractivity contribution in [3.05, 3.63) is 6.20 Å². The average Bonchev–Trinajstić information content (AvgIpc) is 2.88. The van der Waals surface area contributed by atoms with E-state index in [0.717, 1.165) is 16.9 Å². The lowest BCUT2D eigenvalue weighted by Gasteiger charge is -2.23. The Hall–Kier alpha value is -1.85. The van der Waals surface area contributed by atoms with E-state index in [2.05, 4.69) is 30.8 Å². The standard InChI is InChI=1S/C12H18N6/c1-13-12-16-10(9-7-14-18-11(9)17-12)15-8-5-3-2-4-6-8/h7-8H,2-6H2,1H3,(H3,13,14,15,16,17,18). The largest absolute Gasteiger partial charge is 0.367 e. The Bertz CT molecular complexity index is 528. The van der Waals surface area contributed by atoms with Gasteiger partial charge in [-0.2, -0.15) is 15.1 Å². The molecule has 1 fully saturated rings. The number of fused-ring (bicyclic) bond motifs is 1. The van der Waals surface area contributed by atoms with Crippen molar-refractivity contribution in [2.24, 2.45) is 0 Å². The molecule has 3 N–H and O–H groups in total. The summed E-state index contributed by atoms with van der Waals surface area (Å²) < 4.78 is 0. The van der Waals surface area contributed by atoms with E-state index < -0.39 is 0 Å². The van der Waals surface area contributed by atoms with Gasteiger partial charge in [0.1, 0.15) is 5.82 Å². The summed E-state index contributed by atoms with van der Waals surface area (Å²) in [6.45, 7) is 0. The Morgan fingerprint density at radius 2 is 2.06 bits per heavy atom. The van der Waals surface area contributed by atoms with Gasteiger partial charge in [-0.05, 0) is 12.8 Å². The lowest BCUT2D eigenvalue weighted by molar-refractivity contribution is 0.462. The quantitative estimate of drug-likeness (QED) is 0.773. The van der Waals surface area contributed by atoms with E-state index in [1.54, 1.807) is 6.20 Å². The molecule has 1 aliphatic carbocycles. The molecule has 0 radical (unpaired) electrons. The van der Waals surface area contributed by atoms with Gasteiger partial charge in [0.05, 0.1) is 11.6 Å². The Morgan fingerprint density at radius 3 is 2.83 bits per heavy atom. The first kappa shape index (κ1) is 11.3. The highest BCUT2D eigenvalue weighted by molar-refractivity contribution is 5.87. The highest BCUT2D eigenvalue weighted by Crippen LogP contribution is 2.25. The van der Waals surface area contributed by atoms with Crippen molar-refractivity contribution in [2.45, 2.75) is 38.1 Å². The third-order valence-corrected chi connectivity index (χ3v) is 3.48. The van der Waals surface area contributed by atoms with Crippen LogP contribution in [0.1, 0.15) is 32.1 Å². The van der Waals surface area contributed by atoms with E-state index in [1.807, 2.05) is 7.05 Å². The maximum Gasteiger partial charge on any atom is 0.226 e. The van der Waals surface area contributed by atoms with E-state index in [9.17, 15) is 0 Å². The number of nitrogens with zero attached hydrogens (tertiary/aromatic N) is 3. The summed E-state index contributed by atoms with van der Waals surface area (Å²) in [5, 5.41) is 14.4. The molecule has 6 heteroatoms. The minimum Gasteiger partial charge on any atom is -0.367 e. The predicted molar refractivity (Wildman–Crippen MR) is 71.7 cm³/mol. The summed E-state index contributed by atoms with van der Waals surface area (Å²) in [6, 6.07) is 0.524. The number of aromatic amines is 1. The van der Waals surface area contributed by atoms with E-state index in [-0.39, 0.29) is 0 Å². The molecule has 0 aliphatic heterocycles. The number of rotatable bonds is 3. The van der Waals surface area contributed by atoms with Crippen LogP contribution in [0.5, 0.6) is 0 Å². The molecule has 0 bridgehead atoms. The van der Waals surface area contributed by atoms with Gasteiger partial charge in [0.2, 0.25) is 5.95 Å². The zero-order valence-corrected chi connectivity index (χ0v) is 10.5. The van der Waals surface area contributed by atoms with Crippen LogP contribution in [0.15, 0.2) is 6.20 Å². The van der Waals surface area contributed by atoms with Gasteiger partial charge in [-0.3, -0.25) is 5.10 Å². The third-order valence-electron chi connectivity index (χ3n) is 3.48. The first-order valence-electron chi connectivity index (χ1n) is 6.52. The van der Waals surface area contributed by atoms with E-state index in [1.165, 1.54) is 32.1 Å². The van der Waals surface area contributed by atoms with E-state index in [4.69, 9.17) is 0 Å². The fourth-order valence-electron chi connectivity index (χ4n) is 2.50. The van der Waals surface area contributed by atoms with Gasteiger partial charge in [0.25, 0.3) is 0 Å². The molecule has 0 saturated heterocycles. The fraction of sp³-hybridized carbons (Fsp3) is 0.583. The molecule has 18 heavy (non-hydrogen) atoms. The molecular weight excluding hydrogens is 228 g/mol. The highest BCUT2D eigenvalue weighted by Gasteiger charge is 2.16. The minimum atomic E-state index is 0.524. The van der Waals surface area contributed by atoms with Crippen LogP contribution in [0.25, 0.3) is 11.0 Å². The lowest BCUT2D eigenvalue weighted by Crippen LogP contribution is -2.23. The number of aromatic nitrogens is 4. The fourth-order valence-corrected chi connectivity index (χ4v) is 2.50. The van der Waals surface area contributed by atoms with Crippen molar-refractivity contribution >= 4 is 22.8 Å². The number of hydrogen-bond acceptors (Lipinski definition) is 5. The number of nitrogens with one attached hydrogen (secondary N) is 3. The maximum atomic E-state index is 4.49. The SMILES string of the molecule is CNc1nc(NC2CCCCC2)c2cn[nH]c2n1. The van der Waals surface area contributed by atoms with Crippen LogP contribution >= 0.6 is 0 Å². The molecule has 0 spiro atoms. The van der Waals surface area contributed by atoms with Crippen LogP contribution < -0.4 is 10.6 Å². The number of hydrogen-bond donors (Lipinski definition) is 3. The van der Waals surface area contributed by atoms with Crippen molar-refractivity contribution in [3.63, 3.8) is 0 Å². The molecule has 3 rings (SSSR count). The van der Waals surface area contributed by atoms with Gasteiger partial charge in [0, 0.05) is 13.1 Å². The van der Waals surface area contributed by atoms with Gasteiger partial charge in [0.15, 0.2) is 5.65 Å². The Labute approximate surface area is 106 Å². The second-order valence-electron chi connectivity index (χ2n) is 4.76. The summed E-state index contributed by atoms with van der Waals surface area (Å²) in [6.07, 6.45) is 8.17. The van der Waals surface area contributed by atoms with E-state index in [0.29, 0.717) is 12.0 Å². The normalized spacial score (nSPS) is 16.9. The van der Waals surface area contributed by atoms with Crippen LogP contribution in [0.4, 0.5) is 11.8 Å². The van der Waals surface area contributed by atoms with Crippen LogP contribution in [0.2, 0.25) is 0 Å². The zero-order valence-electron chi connectivity index (χ0n) is 10.5. The Balaban J connectivity index is 1.91. The second kappa shape index (κ2) is 4.80. The molecule has 2 aromatic rings. The summed E-state index contributed by atoms with van der Waals surface area (Å²) in [7, 11) is 1.82. The van der Waals surface area contributed by atoms with Crippen LogP contribution in [0, 0.1) is 0 Å². The molecule has 1 aliphatic rings. The van der Waals surface area contributed by atoms with Crippen LogP contribution in [-0.4, -0.2) is 33.3 Å². The molecule has 6 nitrogen and oxygen atoms in total. The van der Waals surface area contributed by atoms with Crippen molar-refractivity contribution in [1.29, 1.82) is 0 Å². The maximum absolute atomic E-state index is 4.49. The van der Waals surface area contributed by atoms with Gasteiger partial charge >= 0.3 is 0 Å². The van der Waals surface area contributed by atoms with Crippen molar-refractivity contribution in [1.82, 2.24) is 20.2 Å². The molecule has 2 aromatic heterocycles. The first-order valence-corrected chi connectivity index (χ1v) is 6.52.